The zero-order valence-corrected chi connectivity index (χ0v) is 12.3. The van der Waals surface area contributed by atoms with Crippen molar-refractivity contribution in [3.8, 4) is 5.75 Å². The number of hydrogen-bond acceptors (Lipinski definition) is 3. The first-order valence-corrected chi connectivity index (χ1v) is 6.87. The van der Waals surface area contributed by atoms with Crippen LogP contribution in [-0.2, 0) is 4.79 Å². The number of carbonyl (C=O) groups is 2. The molecule has 1 aromatic rings. The first kappa shape index (κ1) is 14.4. The van der Waals surface area contributed by atoms with E-state index in [0.717, 1.165) is 0 Å². The normalized spacial score (nSPS) is 17.5. The summed E-state index contributed by atoms with van der Waals surface area (Å²) < 4.78 is 5.59. The molecule has 0 aliphatic carbocycles. The summed E-state index contributed by atoms with van der Waals surface area (Å²) >= 11 is 0. The molecule has 0 radical (unpaired) electrons. The van der Waals surface area contributed by atoms with Gasteiger partial charge >= 0.3 is 0 Å². The predicted molar refractivity (Wildman–Crippen MR) is 77.2 cm³/mol. The standard InChI is InChI=1S/C15H20N2O3/c1-5-17(6-2)15(19)11-7-8-12-13(9-11)20-10(3)14(18)16(12)4/h7-10H,5-6H2,1-4H3. The van der Waals surface area contributed by atoms with E-state index in [4.69, 9.17) is 4.74 Å². The summed E-state index contributed by atoms with van der Waals surface area (Å²) in [4.78, 5) is 27.5. The molecule has 5 nitrogen and oxygen atoms in total. The maximum absolute atomic E-state index is 12.3. The van der Waals surface area contributed by atoms with Gasteiger partial charge in [-0.1, -0.05) is 0 Å². The van der Waals surface area contributed by atoms with Crippen LogP contribution in [0.2, 0.25) is 0 Å². The summed E-state index contributed by atoms with van der Waals surface area (Å²) in [6.07, 6.45) is -0.522. The van der Waals surface area contributed by atoms with E-state index in [1.54, 1.807) is 42.0 Å². The summed E-state index contributed by atoms with van der Waals surface area (Å²) in [5, 5.41) is 0. The van der Waals surface area contributed by atoms with Crippen molar-refractivity contribution < 1.29 is 14.3 Å². The van der Waals surface area contributed by atoms with Crippen LogP contribution < -0.4 is 9.64 Å². The van der Waals surface area contributed by atoms with E-state index in [1.165, 1.54) is 0 Å². The fourth-order valence-electron chi connectivity index (χ4n) is 2.34. The first-order valence-electron chi connectivity index (χ1n) is 6.87. The van der Waals surface area contributed by atoms with Crippen LogP contribution in [0.3, 0.4) is 0 Å². The summed E-state index contributed by atoms with van der Waals surface area (Å²) in [5.74, 6) is 0.478. The lowest BCUT2D eigenvalue weighted by Gasteiger charge is -2.30. The fourth-order valence-corrected chi connectivity index (χ4v) is 2.34. The first-order chi connectivity index (χ1) is 9.49. The van der Waals surface area contributed by atoms with E-state index in [0.29, 0.717) is 30.1 Å². The molecule has 1 aliphatic rings. The van der Waals surface area contributed by atoms with Gasteiger partial charge in [0.25, 0.3) is 11.8 Å². The molecule has 1 unspecified atom stereocenters. The Balaban J connectivity index is 2.35. The molecule has 5 heteroatoms. The van der Waals surface area contributed by atoms with E-state index in [-0.39, 0.29) is 11.8 Å². The van der Waals surface area contributed by atoms with Gasteiger partial charge in [0.05, 0.1) is 5.69 Å². The highest BCUT2D eigenvalue weighted by Gasteiger charge is 2.29. The van der Waals surface area contributed by atoms with Crippen molar-refractivity contribution in [3.63, 3.8) is 0 Å². The van der Waals surface area contributed by atoms with Crippen LogP contribution in [-0.4, -0.2) is 43.0 Å². The average molecular weight is 276 g/mol. The number of ether oxygens (including phenoxy) is 1. The maximum atomic E-state index is 12.3. The Morgan fingerprint density at radius 1 is 1.35 bits per heavy atom. The molecule has 1 aliphatic heterocycles. The zero-order valence-electron chi connectivity index (χ0n) is 12.3. The highest BCUT2D eigenvalue weighted by molar-refractivity contribution is 6.01. The van der Waals surface area contributed by atoms with Gasteiger partial charge in [0.15, 0.2) is 6.10 Å². The van der Waals surface area contributed by atoms with Gasteiger partial charge in [0, 0.05) is 25.7 Å². The largest absolute Gasteiger partial charge is 0.479 e. The van der Waals surface area contributed by atoms with Gasteiger partial charge in [-0.05, 0) is 39.0 Å². The quantitative estimate of drug-likeness (QED) is 0.847. The van der Waals surface area contributed by atoms with Gasteiger partial charge in [-0.2, -0.15) is 0 Å². The third kappa shape index (κ3) is 2.35. The van der Waals surface area contributed by atoms with Crippen LogP contribution in [0.5, 0.6) is 5.75 Å². The third-order valence-corrected chi connectivity index (χ3v) is 3.60. The molecule has 20 heavy (non-hydrogen) atoms. The molecular formula is C15H20N2O3. The smallest absolute Gasteiger partial charge is 0.267 e. The van der Waals surface area contributed by atoms with Crippen LogP contribution in [0.25, 0.3) is 0 Å². The minimum absolute atomic E-state index is 0.0198. The van der Waals surface area contributed by atoms with Crippen LogP contribution >= 0.6 is 0 Å². The highest BCUT2D eigenvalue weighted by Crippen LogP contribution is 2.34. The van der Waals surface area contributed by atoms with E-state index in [1.807, 2.05) is 13.8 Å². The molecule has 108 valence electrons. The summed E-state index contributed by atoms with van der Waals surface area (Å²) in [5.41, 5.74) is 1.28. The van der Waals surface area contributed by atoms with Crippen LogP contribution in [0.4, 0.5) is 5.69 Å². The Kier molecular flexibility index (Phi) is 3.97. The summed E-state index contributed by atoms with van der Waals surface area (Å²) in [6, 6.07) is 5.22. The van der Waals surface area contributed by atoms with Gasteiger partial charge in [0.1, 0.15) is 5.75 Å². The van der Waals surface area contributed by atoms with Crippen molar-refractivity contribution in [1.29, 1.82) is 0 Å². The lowest BCUT2D eigenvalue weighted by atomic mass is 10.1. The van der Waals surface area contributed by atoms with Crippen molar-refractivity contribution >= 4 is 17.5 Å². The van der Waals surface area contributed by atoms with Gasteiger partial charge in [0.2, 0.25) is 0 Å². The monoisotopic (exact) mass is 276 g/mol. The van der Waals surface area contributed by atoms with Crippen LogP contribution in [0.1, 0.15) is 31.1 Å². The van der Waals surface area contributed by atoms with Crippen LogP contribution in [0, 0.1) is 0 Å². The number of likely N-dealkylation sites (N-methyl/N-ethyl adjacent to an activating group) is 1. The summed E-state index contributed by atoms with van der Waals surface area (Å²) in [6.45, 7) is 6.94. The topological polar surface area (TPSA) is 49.9 Å². The van der Waals surface area contributed by atoms with Crippen molar-refractivity contribution in [2.45, 2.75) is 26.9 Å². The minimum atomic E-state index is -0.522. The molecule has 0 fully saturated rings. The molecule has 0 N–H and O–H groups in total. The molecule has 0 bridgehead atoms. The third-order valence-electron chi connectivity index (χ3n) is 3.60. The van der Waals surface area contributed by atoms with Gasteiger partial charge in [-0.25, -0.2) is 0 Å². The lowest BCUT2D eigenvalue weighted by molar-refractivity contribution is -0.125. The van der Waals surface area contributed by atoms with Crippen molar-refractivity contribution in [3.05, 3.63) is 23.8 Å². The second-order valence-corrected chi connectivity index (χ2v) is 4.82. The molecule has 1 atom stereocenters. The minimum Gasteiger partial charge on any atom is -0.479 e. The van der Waals surface area contributed by atoms with Gasteiger partial charge < -0.3 is 14.5 Å². The lowest BCUT2D eigenvalue weighted by Crippen LogP contribution is -2.42. The molecule has 1 heterocycles. The molecule has 2 amide bonds. The second-order valence-electron chi connectivity index (χ2n) is 4.82. The number of anilines is 1. The molecular weight excluding hydrogens is 256 g/mol. The molecule has 0 aromatic heterocycles. The number of nitrogens with zero attached hydrogens (tertiary/aromatic N) is 2. The number of hydrogen-bond donors (Lipinski definition) is 0. The van der Waals surface area contributed by atoms with E-state index < -0.39 is 6.10 Å². The van der Waals surface area contributed by atoms with Crippen molar-refractivity contribution in [2.24, 2.45) is 0 Å². The fraction of sp³-hybridized carbons (Fsp3) is 0.467. The number of amides is 2. The Bertz CT molecular complexity index is 538. The van der Waals surface area contributed by atoms with Gasteiger partial charge in [-0.3, -0.25) is 9.59 Å². The Hall–Kier alpha value is -2.04. The Morgan fingerprint density at radius 2 is 2.00 bits per heavy atom. The van der Waals surface area contributed by atoms with E-state index in [9.17, 15) is 9.59 Å². The zero-order chi connectivity index (χ0) is 14.9. The average Bonchev–Trinajstić information content (AvgIpc) is 2.45. The van der Waals surface area contributed by atoms with Crippen molar-refractivity contribution in [2.75, 3.05) is 25.0 Å². The highest BCUT2D eigenvalue weighted by atomic mass is 16.5. The number of rotatable bonds is 3. The van der Waals surface area contributed by atoms with Crippen LogP contribution in [0.15, 0.2) is 18.2 Å². The van der Waals surface area contributed by atoms with E-state index >= 15 is 0 Å². The number of fused-ring (bicyclic) bond motifs is 1. The molecule has 0 spiro atoms. The number of benzene rings is 1. The SMILES string of the molecule is CCN(CC)C(=O)c1ccc2c(c1)OC(C)C(=O)N2C. The molecule has 2 rings (SSSR count). The Labute approximate surface area is 119 Å². The Morgan fingerprint density at radius 3 is 2.60 bits per heavy atom. The summed E-state index contributed by atoms with van der Waals surface area (Å²) in [7, 11) is 1.71. The maximum Gasteiger partial charge on any atom is 0.267 e. The molecule has 0 saturated carbocycles. The number of carbonyl (C=O) groups excluding carboxylic acids is 2. The van der Waals surface area contributed by atoms with Gasteiger partial charge in [-0.15, -0.1) is 0 Å². The second kappa shape index (κ2) is 5.53. The predicted octanol–water partition coefficient (Wildman–Crippen LogP) is 1.91. The van der Waals surface area contributed by atoms with Crippen molar-refractivity contribution in [1.82, 2.24) is 4.90 Å². The van der Waals surface area contributed by atoms with E-state index in [2.05, 4.69) is 0 Å². The molecule has 0 saturated heterocycles. The molecule has 1 aromatic carbocycles.